The molecule has 306 valence electrons. The summed E-state index contributed by atoms with van der Waals surface area (Å²) >= 11 is 0. The topological polar surface area (TPSA) is 215 Å². The van der Waals surface area contributed by atoms with Gasteiger partial charge in [0, 0.05) is 31.1 Å². The number of nitrogens with one attached hydrogen (secondary N) is 6. The molecule has 0 radical (unpaired) electrons. The van der Waals surface area contributed by atoms with Gasteiger partial charge in [-0.2, -0.15) is 0 Å². The van der Waals surface area contributed by atoms with Crippen molar-refractivity contribution >= 4 is 47.4 Å². The van der Waals surface area contributed by atoms with E-state index in [1.54, 1.807) is 36.4 Å². The molecule has 9 atom stereocenters. The smallest absolute Gasteiger partial charge is 0.246 e. The molecule has 3 aliphatic rings. The fourth-order valence-corrected chi connectivity index (χ4v) is 7.70. The van der Waals surface area contributed by atoms with Crippen molar-refractivity contribution in [1.29, 1.82) is 0 Å². The lowest BCUT2D eigenvalue weighted by molar-refractivity contribution is -0.143. The molecule has 3 fully saturated rings. The predicted molar refractivity (Wildman–Crippen MR) is 211 cm³/mol. The predicted octanol–water partition coefficient (Wildman–Crippen LogP) is 0.713. The van der Waals surface area contributed by atoms with E-state index >= 15 is 0 Å². The highest BCUT2D eigenvalue weighted by Gasteiger charge is 2.44. The summed E-state index contributed by atoms with van der Waals surface area (Å²) in [6.45, 7) is 6.51. The maximum absolute atomic E-state index is 14.7. The summed E-state index contributed by atoms with van der Waals surface area (Å²) in [5, 5.41) is 27.5. The fourth-order valence-electron chi connectivity index (χ4n) is 7.70. The molecule has 2 heterocycles. The van der Waals surface area contributed by atoms with Gasteiger partial charge in [0.1, 0.15) is 30.2 Å². The minimum Gasteiger partial charge on any atom is -0.391 e. The SMILES string of the molecule is CC(C)C[C@@H]1NC(=O)[C@@H]2CCC[C@H]2NC(=O)[C@H](C)NC(=O)C2C[C@@H](NC(=O)/C=C/c3ccccc3)CN2C(=O)[C@H](Cc2ccccc2)NC(=O)[C@H]([C@@H](C)O)NC1=O. The summed E-state index contributed by atoms with van der Waals surface area (Å²) in [7, 11) is 0. The molecule has 0 aromatic heterocycles. The Labute approximate surface area is 333 Å². The normalized spacial score (nSPS) is 28.5. The highest BCUT2D eigenvalue weighted by molar-refractivity contribution is 5.98. The number of rotatable bonds is 8. The van der Waals surface area contributed by atoms with Gasteiger partial charge in [0.05, 0.1) is 12.0 Å². The molecule has 2 aromatic carbocycles. The summed E-state index contributed by atoms with van der Waals surface area (Å²) in [4.78, 5) is 98.1. The number of amides is 7. The van der Waals surface area contributed by atoms with Crippen LogP contribution in [0.1, 0.15) is 70.9 Å². The summed E-state index contributed by atoms with van der Waals surface area (Å²) in [6.07, 6.45) is 3.43. The third-order valence-corrected chi connectivity index (χ3v) is 10.7. The molecule has 1 unspecified atom stereocenters. The van der Waals surface area contributed by atoms with Crippen molar-refractivity contribution in [3.63, 3.8) is 0 Å². The van der Waals surface area contributed by atoms with Crippen LogP contribution >= 0.6 is 0 Å². The first kappa shape index (κ1) is 42.6. The number of hydrogen-bond donors (Lipinski definition) is 7. The molecular weight excluding hydrogens is 731 g/mol. The van der Waals surface area contributed by atoms with Gasteiger partial charge in [-0.15, -0.1) is 0 Å². The van der Waals surface area contributed by atoms with Crippen molar-refractivity contribution in [2.75, 3.05) is 6.54 Å². The molecule has 2 aliphatic heterocycles. The van der Waals surface area contributed by atoms with Crippen LogP contribution in [0.2, 0.25) is 0 Å². The maximum Gasteiger partial charge on any atom is 0.246 e. The number of nitrogens with zero attached hydrogens (tertiary/aromatic N) is 1. The average molecular weight is 786 g/mol. The van der Waals surface area contributed by atoms with Crippen molar-refractivity contribution in [2.24, 2.45) is 11.8 Å². The highest BCUT2D eigenvalue weighted by atomic mass is 16.3. The van der Waals surface area contributed by atoms with Gasteiger partial charge < -0.3 is 41.9 Å². The molecule has 2 saturated heterocycles. The van der Waals surface area contributed by atoms with E-state index in [0.29, 0.717) is 24.8 Å². The first-order chi connectivity index (χ1) is 27.2. The summed E-state index contributed by atoms with van der Waals surface area (Å²) in [6, 6.07) is 10.8. The van der Waals surface area contributed by atoms with Gasteiger partial charge in [-0.05, 0) is 62.7 Å². The van der Waals surface area contributed by atoms with Gasteiger partial charge in [0.2, 0.25) is 41.4 Å². The van der Waals surface area contributed by atoms with Crippen LogP contribution in [0.25, 0.3) is 6.08 Å². The lowest BCUT2D eigenvalue weighted by Gasteiger charge is -2.31. The molecule has 15 nitrogen and oxygen atoms in total. The zero-order valence-corrected chi connectivity index (χ0v) is 32.9. The highest BCUT2D eigenvalue weighted by Crippen LogP contribution is 2.27. The van der Waals surface area contributed by atoms with E-state index in [9.17, 15) is 38.7 Å². The largest absolute Gasteiger partial charge is 0.391 e. The zero-order chi connectivity index (χ0) is 41.2. The Morgan fingerprint density at radius 1 is 0.807 bits per heavy atom. The van der Waals surface area contributed by atoms with E-state index in [-0.39, 0.29) is 31.7 Å². The Hall–Kier alpha value is -5.57. The summed E-state index contributed by atoms with van der Waals surface area (Å²) < 4.78 is 0. The molecule has 2 aromatic rings. The standard InChI is InChI=1S/C42H55N7O8/c1-24(2)20-32-39(54)48-36(26(4)50)41(56)47-33(21-28-14-9-6-10-15-28)42(57)49-23-29(44-35(51)19-18-27-12-7-5-8-13-27)22-34(49)40(55)43-25(3)37(52)45-31-17-11-16-30(31)38(53)46-32/h5-10,12-15,18-19,24-26,29-34,36,50H,11,16-17,20-23H2,1-4H3,(H,43,55)(H,44,51)(H,45,52)(H,46,53)(H,47,56)(H,48,54)/b19-18+/t25-,26+,29+,30+,31+,32-,33-,34?,36-/m0/s1. The average Bonchev–Trinajstić information content (AvgIpc) is 3.82. The molecule has 7 amide bonds. The van der Waals surface area contributed by atoms with Crippen LogP contribution < -0.4 is 31.9 Å². The Balaban J connectivity index is 1.49. The summed E-state index contributed by atoms with van der Waals surface area (Å²) in [5.41, 5.74) is 1.48. The number of carbonyl (C=O) groups is 7. The van der Waals surface area contributed by atoms with Gasteiger partial charge in [-0.25, -0.2) is 0 Å². The van der Waals surface area contributed by atoms with Crippen molar-refractivity contribution in [3.8, 4) is 0 Å². The van der Waals surface area contributed by atoms with Crippen LogP contribution in [0.4, 0.5) is 0 Å². The molecule has 0 spiro atoms. The van der Waals surface area contributed by atoms with E-state index in [1.165, 1.54) is 24.8 Å². The van der Waals surface area contributed by atoms with Crippen LogP contribution in [-0.4, -0.2) is 106 Å². The van der Waals surface area contributed by atoms with Gasteiger partial charge in [0.25, 0.3) is 0 Å². The monoisotopic (exact) mass is 785 g/mol. The Morgan fingerprint density at radius 3 is 2.14 bits per heavy atom. The molecule has 0 bridgehead atoms. The summed E-state index contributed by atoms with van der Waals surface area (Å²) in [5.74, 6) is -4.93. The quantitative estimate of drug-likeness (QED) is 0.189. The van der Waals surface area contributed by atoms with E-state index in [2.05, 4.69) is 31.9 Å². The molecule has 1 aliphatic carbocycles. The number of aliphatic hydroxyl groups excluding tert-OH is 1. The van der Waals surface area contributed by atoms with Gasteiger partial charge in [-0.1, -0.05) is 80.9 Å². The Morgan fingerprint density at radius 2 is 1.47 bits per heavy atom. The lowest BCUT2D eigenvalue weighted by Crippen LogP contribution is -2.61. The van der Waals surface area contributed by atoms with Gasteiger partial charge in [-0.3, -0.25) is 33.6 Å². The van der Waals surface area contributed by atoms with E-state index in [1.807, 2.05) is 44.2 Å². The van der Waals surface area contributed by atoms with Gasteiger partial charge in [0.15, 0.2) is 0 Å². The second-order valence-electron chi connectivity index (χ2n) is 15.7. The Bertz CT molecular complexity index is 1800. The fraction of sp³-hybridized carbons (Fsp3) is 0.500. The first-order valence-electron chi connectivity index (χ1n) is 19.8. The second-order valence-corrected chi connectivity index (χ2v) is 15.7. The van der Waals surface area contributed by atoms with Crippen LogP contribution in [-0.2, 0) is 40.0 Å². The van der Waals surface area contributed by atoms with Crippen molar-refractivity contribution in [1.82, 2.24) is 36.8 Å². The molecule has 15 heteroatoms. The maximum atomic E-state index is 14.7. The molecular formula is C42H55N7O8. The molecule has 7 N–H and O–H groups in total. The first-order valence-corrected chi connectivity index (χ1v) is 19.8. The number of fused-ring (bicyclic) bond motifs is 2. The molecule has 1 saturated carbocycles. The third-order valence-electron chi connectivity index (χ3n) is 10.7. The Kier molecular flexibility index (Phi) is 14.6. The number of carbonyl (C=O) groups excluding carboxylic acids is 7. The van der Waals surface area contributed by atoms with E-state index in [4.69, 9.17) is 0 Å². The number of benzene rings is 2. The van der Waals surface area contributed by atoms with E-state index in [0.717, 1.165) is 5.56 Å². The second kappa shape index (κ2) is 19.5. The molecule has 57 heavy (non-hydrogen) atoms. The van der Waals surface area contributed by atoms with Gasteiger partial charge >= 0.3 is 0 Å². The lowest BCUT2D eigenvalue weighted by atomic mass is 9.98. The zero-order valence-electron chi connectivity index (χ0n) is 32.9. The van der Waals surface area contributed by atoms with Crippen molar-refractivity contribution < 1.29 is 38.7 Å². The van der Waals surface area contributed by atoms with Crippen LogP contribution in [0, 0.1) is 11.8 Å². The number of hydrogen-bond acceptors (Lipinski definition) is 8. The van der Waals surface area contributed by atoms with Crippen LogP contribution in [0.15, 0.2) is 66.7 Å². The molecule has 5 rings (SSSR count). The van der Waals surface area contributed by atoms with Crippen molar-refractivity contribution in [2.45, 2.75) is 115 Å². The minimum absolute atomic E-state index is 0.0112. The minimum atomic E-state index is -1.52. The van der Waals surface area contributed by atoms with Crippen LogP contribution in [0.5, 0.6) is 0 Å². The van der Waals surface area contributed by atoms with Crippen molar-refractivity contribution in [3.05, 3.63) is 77.9 Å². The third kappa shape index (κ3) is 11.5. The number of aliphatic hydroxyl groups is 1. The van der Waals surface area contributed by atoms with E-state index < -0.39 is 95.7 Å². The van der Waals surface area contributed by atoms with Crippen LogP contribution in [0.3, 0.4) is 0 Å².